The summed E-state index contributed by atoms with van der Waals surface area (Å²) >= 11 is 0. The van der Waals surface area contributed by atoms with E-state index in [1.807, 2.05) is 0 Å². The Morgan fingerprint density at radius 2 is 1.04 bits per heavy atom. The SMILES string of the molecule is CC(=O)NC1C(OC2C(CO)OC(O)C(NC(C)=O)C2OC(C)C(=O)NC(C)C(=O)NC(CCC(=O)NC(CCCNC(=O)C(CO)NC(=O)C(C)NC(=O)C(NC(=O)C(C)N)C(C)O)C(=O)NC(C)C(=O)NC(C)C(=O)O)C(=O)O)OC(CO)C(O)C1O. The topological polar surface area (TPSA) is 599 Å². The molecular weight excluding hydrogens is 1200 g/mol. The van der Waals surface area contributed by atoms with Gasteiger partial charge in [0, 0.05) is 26.8 Å². The first-order valence-electron chi connectivity index (χ1n) is 28.1. The summed E-state index contributed by atoms with van der Waals surface area (Å²) < 4.78 is 23.2. The van der Waals surface area contributed by atoms with Gasteiger partial charge in [0.05, 0.1) is 32.0 Å². The molecule has 0 aromatic carbocycles. The van der Waals surface area contributed by atoms with Gasteiger partial charge in [-0.2, -0.15) is 0 Å². The van der Waals surface area contributed by atoms with Crippen LogP contribution in [-0.4, -0.2) is 277 Å². The molecule has 0 radical (unpaired) electrons. The lowest BCUT2D eigenvalue weighted by Crippen LogP contribution is -2.70. The second-order valence-corrected chi connectivity index (χ2v) is 21.3. The molecule has 0 aliphatic carbocycles. The Morgan fingerprint density at radius 1 is 0.528 bits per heavy atom. The molecule has 2 aliphatic heterocycles. The van der Waals surface area contributed by atoms with Crippen molar-refractivity contribution < 1.29 is 127 Å². The number of amides is 11. The van der Waals surface area contributed by atoms with Crippen LogP contribution in [0.4, 0.5) is 0 Å². The lowest BCUT2D eigenvalue weighted by Gasteiger charge is -2.48. The van der Waals surface area contributed by atoms with Crippen molar-refractivity contribution in [2.24, 2.45) is 5.73 Å². The fourth-order valence-electron chi connectivity index (χ4n) is 8.55. The van der Waals surface area contributed by atoms with Crippen LogP contribution in [0.3, 0.4) is 0 Å². The molecule has 0 aromatic rings. The molecule has 2 rings (SSSR count). The van der Waals surface area contributed by atoms with Crippen LogP contribution in [0.25, 0.3) is 0 Å². The van der Waals surface area contributed by atoms with E-state index in [1.165, 1.54) is 27.7 Å². The first-order chi connectivity index (χ1) is 41.5. The number of nitrogens with two attached hydrogens (primary N) is 1. The minimum absolute atomic E-state index is 0.156. The van der Waals surface area contributed by atoms with E-state index in [2.05, 4.69) is 58.5 Å². The summed E-state index contributed by atoms with van der Waals surface area (Å²) in [5.41, 5.74) is 5.51. The quantitative estimate of drug-likeness (QED) is 0.0262. The molecule has 22 N–H and O–H groups in total. The van der Waals surface area contributed by atoms with Gasteiger partial charge in [-0.25, -0.2) is 4.79 Å². The maximum Gasteiger partial charge on any atom is 0.326 e. The van der Waals surface area contributed by atoms with Crippen LogP contribution in [0, 0.1) is 0 Å². The zero-order valence-electron chi connectivity index (χ0n) is 50.3. The largest absolute Gasteiger partial charge is 0.480 e. The average molecular weight is 1280 g/mol. The number of aliphatic carboxylic acids is 2. The van der Waals surface area contributed by atoms with Gasteiger partial charge < -0.3 is 129 Å². The summed E-state index contributed by atoms with van der Waals surface area (Å²) in [7, 11) is 0. The molecule has 38 nitrogen and oxygen atoms in total. The van der Waals surface area contributed by atoms with Gasteiger partial charge in [-0.15, -0.1) is 0 Å². The van der Waals surface area contributed by atoms with Gasteiger partial charge in [0.1, 0.15) is 103 Å². The Labute approximate surface area is 509 Å². The highest BCUT2D eigenvalue weighted by atomic mass is 16.7. The molecule has 0 bridgehead atoms. The van der Waals surface area contributed by atoms with Gasteiger partial charge in [0.25, 0.3) is 0 Å². The summed E-state index contributed by atoms with van der Waals surface area (Å²) in [6.45, 7) is 7.37. The molecule has 0 spiro atoms. The highest BCUT2D eigenvalue weighted by Crippen LogP contribution is 2.31. The van der Waals surface area contributed by atoms with E-state index in [0.717, 1.165) is 34.6 Å². The first kappa shape index (κ1) is 77.7. The van der Waals surface area contributed by atoms with Gasteiger partial charge in [0.15, 0.2) is 12.6 Å². The molecule has 2 fully saturated rings. The molecule has 21 atom stereocenters. The normalized spacial score (nSPS) is 25.2. The molecule has 2 aliphatic rings. The van der Waals surface area contributed by atoms with E-state index in [9.17, 15) is 108 Å². The van der Waals surface area contributed by atoms with Crippen LogP contribution in [0.5, 0.6) is 0 Å². The van der Waals surface area contributed by atoms with Gasteiger partial charge in [0.2, 0.25) is 65.0 Å². The fourth-order valence-corrected chi connectivity index (χ4v) is 8.55. The van der Waals surface area contributed by atoms with Crippen molar-refractivity contribution in [1.82, 2.24) is 58.5 Å². The summed E-state index contributed by atoms with van der Waals surface area (Å²) in [5, 5.41) is 117. The minimum Gasteiger partial charge on any atom is -0.480 e. The number of hydrogen-bond acceptors (Lipinski definition) is 25. The minimum atomic E-state index is -1.95. The maximum atomic E-state index is 13.7. The molecule has 0 saturated carbocycles. The fraction of sp³-hybridized carbons (Fsp3) is 0.745. The number of nitrogens with one attached hydrogen (secondary N) is 11. The monoisotopic (exact) mass is 1280 g/mol. The third kappa shape index (κ3) is 24.5. The van der Waals surface area contributed by atoms with Crippen LogP contribution >= 0.6 is 0 Å². The number of rotatable bonds is 35. The van der Waals surface area contributed by atoms with Crippen LogP contribution in [0.2, 0.25) is 0 Å². The Bertz CT molecular complexity index is 2480. The number of carbonyl (C=O) groups excluding carboxylic acids is 11. The number of aliphatic hydroxyl groups is 7. The predicted octanol–water partition coefficient (Wildman–Crippen LogP) is -11.2. The van der Waals surface area contributed by atoms with Crippen LogP contribution in [0.15, 0.2) is 0 Å². The Hall–Kier alpha value is -7.37. The molecule has 0 aromatic heterocycles. The zero-order chi connectivity index (χ0) is 67.9. The standard InChI is InChI=1S/C51H86N12O26/c1-18(52)40(73)63-33(23(6)67)47(80)56-21(4)43(76)62-29(15-64)45(78)53-14-10-11-27(46(79)55-19(2)41(74)57-22(5)48(81)82)60-32(70)13-12-28(49(83)84)61-42(75)20(3)54-44(77)24(7)86-39-35(59-26(9)69)50(85)87-31(17-66)38(39)89-51-34(58-25(8)68)37(72)36(71)30(16-65)88-51/h18-24,27-31,33-39,50-51,64-67,71-72,85H,10-17,52H2,1-9H3,(H,53,78)(H,54,77)(H,55,79)(H,56,80)(H,57,74)(H,58,68)(H,59,69)(H,60,70)(H,61,75)(H,62,76)(H,63,73)(H,81,82)(H,83,84). The van der Waals surface area contributed by atoms with Crippen molar-refractivity contribution in [3.63, 3.8) is 0 Å². The van der Waals surface area contributed by atoms with Crippen LogP contribution in [0.1, 0.15) is 88.0 Å². The molecule has 2 heterocycles. The number of aliphatic hydroxyl groups excluding tert-OH is 7. The van der Waals surface area contributed by atoms with Gasteiger partial charge in [-0.3, -0.25) is 57.5 Å². The van der Waals surface area contributed by atoms with Crippen molar-refractivity contribution in [2.45, 2.75) is 216 Å². The third-order valence-electron chi connectivity index (χ3n) is 13.7. The van der Waals surface area contributed by atoms with Crippen molar-refractivity contribution in [3.8, 4) is 0 Å². The number of hydrogen-bond donors (Lipinski definition) is 21. The molecule has 11 amide bonds. The lowest BCUT2D eigenvalue weighted by molar-refractivity contribution is -0.333. The molecule has 2 saturated heterocycles. The number of carbonyl (C=O) groups is 13. The molecule has 506 valence electrons. The predicted molar refractivity (Wildman–Crippen MR) is 297 cm³/mol. The second kappa shape index (κ2) is 36.9. The molecule has 21 unspecified atom stereocenters. The summed E-state index contributed by atoms with van der Waals surface area (Å²) in [6.07, 6.45) is -18.7. The highest BCUT2D eigenvalue weighted by Gasteiger charge is 2.53. The van der Waals surface area contributed by atoms with Crippen LogP contribution in [-0.2, 0) is 81.3 Å². The average Bonchev–Trinajstić information content (AvgIpc) is 2.07. The van der Waals surface area contributed by atoms with Crippen molar-refractivity contribution in [3.05, 3.63) is 0 Å². The van der Waals surface area contributed by atoms with Crippen molar-refractivity contribution >= 4 is 76.9 Å². The molecule has 38 heteroatoms. The van der Waals surface area contributed by atoms with Crippen molar-refractivity contribution in [2.75, 3.05) is 26.4 Å². The first-order valence-corrected chi connectivity index (χ1v) is 28.1. The molecule has 89 heavy (non-hydrogen) atoms. The van der Waals surface area contributed by atoms with Gasteiger partial charge in [-0.1, -0.05) is 0 Å². The second-order valence-electron chi connectivity index (χ2n) is 21.3. The maximum absolute atomic E-state index is 13.7. The van der Waals surface area contributed by atoms with E-state index in [0.29, 0.717) is 0 Å². The van der Waals surface area contributed by atoms with Crippen LogP contribution < -0.4 is 64.2 Å². The number of carboxylic acids is 2. The van der Waals surface area contributed by atoms with Gasteiger partial charge >= 0.3 is 11.9 Å². The number of carboxylic acid groups (broad SMARTS) is 2. The van der Waals surface area contributed by atoms with E-state index in [4.69, 9.17) is 24.7 Å². The Balaban J connectivity index is 2.23. The Morgan fingerprint density at radius 3 is 1.55 bits per heavy atom. The third-order valence-corrected chi connectivity index (χ3v) is 13.7. The van der Waals surface area contributed by atoms with Crippen molar-refractivity contribution in [1.29, 1.82) is 0 Å². The smallest absolute Gasteiger partial charge is 0.326 e. The Kier molecular flexibility index (Phi) is 32.3. The zero-order valence-corrected chi connectivity index (χ0v) is 50.3. The number of ether oxygens (including phenoxy) is 4. The summed E-state index contributed by atoms with van der Waals surface area (Å²) in [4.78, 5) is 166. The van der Waals surface area contributed by atoms with Gasteiger partial charge in [-0.05, 0) is 67.7 Å². The van der Waals surface area contributed by atoms with E-state index < -0.39 is 237 Å². The molecular formula is C51H86N12O26. The van der Waals surface area contributed by atoms with E-state index >= 15 is 0 Å². The van der Waals surface area contributed by atoms with E-state index in [1.54, 1.807) is 0 Å². The lowest BCUT2D eigenvalue weighted by atomic mass is 9.94. The van der Waals surface area contributed by atoms with E-state index in [-0.39, 0.29) is 19.4 Å². The summed E-state index contributed by atoms with van der Waals surface area (Å²) in [6, 6.07) is -16.5. The highest BCUT2D eigenvalue weighted by molar-refractivity contribution is 5.96. The summed E-state index contributed by atoms with van der Waals surface area (Å²) in [5.74, 6) is -13.5.